The van der Waals surface area contributed by atoms with Crippen LogP contribution in [0.25, 0.3) is 0 Å². The molecule has 1 aliphatic rings. The van der Waals surface area contributed by atoms with E-state index in [1.807, 2.05) is 6.92 Å². The van der Waals surface area contributed by atoms with Crippen molar-refractivity contribution in [2.75, 3.05) is 27.2 Å². The maximum Gasteiger partial charge on any atom is 0.314 e. The van der Waals surface area contributed by atoms with E-state index in [0.717, 1.165) is 6.54 Å². The Morgan fingerprint density at radius 1 is 1.19 bits per heavy atom. The summed E-state index contributed by atoms with van der Waals surface area (Å²) >= 11 is 0. The molecule has 1 saturated carbocycles. The second-order valence-electron chi connectivity index (χ2n) is 4.89. The van der Waals surface area contributed by atoms with Crippen LogP contribution in [0.15, 0.2) is 0 Å². The third kappa shape index (κ3) is 3.37. The minimum atomic E-state index is -0.0469. The number of urea groups is 1. The molecule has 0 aromatic heterocycles. The first-order valence-corrected chi connectivity index (χ1v) is 6.30. The normalized spacial score (nSPS) is 19.5. The topological polar surface area (TPSA) is 44.4 Å². The maximum absolute atomic E-state index is 11.4. The van der Waals surface area contributed by atoms with Crippen LogP contribution in [0.4, 0.5) is 4.79 Å². The van der Waals surface area contributed by atoms with E-state index in [0.29, 0.717) is 6.54 Å². The Morgan fingerprint density at radius 3 is 2.31 bits per heavy atom. The fourth-order valence-electron chi connectivity index (χ4n) is 2.46. The zero-order valence-electron chi connectivity index (χ0n) is 10.8. The average molecular weight is 227 g/mol. The Morgan fingerprint density at radius 2 is 1.81 bits per heavy atom. The molecule has 0 aromatic carbocycles. The molecule has 2 N–H and O–H groups in total. The minimum Gasteiger partial charge on any atom is -0.338 e. The largest absolute Gasteiger partial charge is 0.338 e. The van der Waals surface area contributed by atoms with E-state index >= 15 is 0 Å². The predicted octanol–water partition coefficient (Wildman–Crippen LogP) is 1.57. The number of hydrogen-bond acceptors (Lipinski definition) is 2. The summed E-state index contributed by atoms with van der Waals surface area (Å²) in [5.41, 5.74) is 0.170. The molecule has 0 saturated heterocycles. The van der Waals surface area contributed by atoms with Crippen LogP contribution in [0.3, 0.4) is 0 Å². The van der Waals surface area contributed by atoms with Crippen LogP contribution in [0.1, 0.15) is 39.0 Å². The molecule has 16 heavy (non-hydrogen) atoms. The molecule has 0 spiro atoms. The Balaban J connectivity index is 2.47. The van der Waals surface area contributed by atoms with Gasteiger partial charge in [0.05, 0.1) is 0 Å². The zero-order chi connectivity index (χ0) is 12.0. The van der Waals surface area contributed by atoms with E-state index in [1.165, 1.54) is 32.1 Å². The maximum atomic E-state index is 11.4. The molecule has 0 aromatic rings. The van der Waals surface area contributed by atoms with Gasteiger partial charge >= 0.3 is 6.03 Å². The van der Waals surface area contributed by atoms with E-state index in [1.54, 1.807) is 0 Å². The Labute approximate surface area is 98.8 Å². The van der Waals surface area contributed by atoms with Crippen molar-refractivity contribution in [3.8, 4) is 0 Å². The monoisotopic (exact) mass is 227 g/mol. The van der Waals surface area contributed by atoms with E-state index in [2.05, 4.69) is 29.6 Å². The SMILES string of the molecule is CCNC(=O)NCC1(N(C)C)CCCCC1. The van der Waals surface area contributed by atoms with Crippen molar-refractivity contribution in [1.82, 2.24) is 15.5 Å². The molecule has 4 nitrogen and oxygen atoms in total. The number of likely N-dealkylation sites (N-methyl/N-ethyl adjacent to an activating group) is 1. The highest BCUT2D eigenvalue weighted by atomic mass is 16.2. The van der Waals surface area contributed by atoms with Crippen molar-refractivity contribution in [3.63, 3.8) is 0 Å². The quantitative estimate of drug-likeness (QED) is 0.765. The van der Waals surface area contributed by atoms with Crippen molar-refractivity contribution in [3.05, 3.63) is 0 Å². The second-order valence-corrected chi connectivity index (χ2v) is 4.89. The number of rotatable bonds is 4. The number of nitrogens with zero attached hydrogens (tertiary/aromatic N) is 1. The molecule has 0 bridgehead atoms. The summed E-state index contributed by atoms with van der Waals surface area (Å²) in [5.74, 6) is 0. The molecule has 1 fully saturated rings. The van der Waals surface area contributed by atoms with Crippen molar-refractivity contribution < 1.29 is 4.79 Å². The molecule has 1 rings (SSSR count). The van der Waals surface area contributed by atoms with Gasteiger partial charge in [0, 0.05) is 18.6 Å². The van der Waals surface area contributed by atoms with Gasteiger partial charge in [-0.1, -0.05) is 19.3 Å². The first kappa shape index (κ1) is 13.3. The number of hydrogen-bond donors (Lipinski definition) is 2. The zero-order valence-corrected chi connectivity index (χ0v) is 10.8. The van der Waals surface area contributed by atoms with Gasteiger partial charge in [-0.25, -0.2) is 4.79 Å². The second kappa shape index (κ2) is 6.09. The average Bonchev–Trinajstić information content (AvgIpc) is 2.28. The Kier molecular flexibility index (Phi) is 5.06. The van der Waals surface area contributed by atoms with Crippen molar-refractivity contribution in [2.24, 2.45) is 0 Å². The molecular formula is C12H25N3O. The lowest BCUT2D eigenvalue weighted by atomic mass is 9.80. The summed E-state index contributed by atoms with van der Waals surface area (Å²) in [6.45, 7) is 3.37. The molecule has 0 unspecified atom stereocenters. The van der Waals surface area contributed by atoms with Gasteiger partial charge < -0.3 is 15.5 Å². The van der Waals surface area contributed by atoms with Crippen LogP contribution in [-0.4, -0.2) is 43.7 Å². The minimum absolute atomic E-state index is 0.0469. The molecular weight excluding hydrogens is 202 g/mol. The van der Waals surface area contributed by atoms with E-state index in [9.17, 15) is 4.79 Å². The van der Waals surface area contributed by atoms with Crippen LogP contribution >= 0.6 is 0 Å². The van der Waals surface area contributed by atoms with Gasteiger partial charge in [-0.05, 0) is 33.9 Å². The number of carbonyl (C=O) groups is 1. The van der Waals surface area contributed by atoms with Gasteiger partial charge in [-0.15, -0.1) is 0 Å². The van der Waals surface area contributed by atoms with Gasteiger partial charge in [0.25, 0.3) is 0 Å². The Bertz CT molecular complexity index is 222. The Hall–Kier alpha value is -0.770. The molecule has 1 aliphatic carbocycles. The van der Waals surface area contributed by atoms with Crippen LogP contribution in [0.5, 0.6) is 0 Å². The van der Waals surface area contributed by atoms with Gasteiger partial charge in [0.2, 0.25) is 0 Å². The van der Waals surface area contributed by atoms with E-state index in [-0.39, 0.29) is 11.6 Å². The summed E-state index contributed by atoms with van der Waals surface area (Å²) in [4.78, 5) is 13.7. The third-order valence-electron chi connectivity index (χ3n) is 3.65. The lowest BCUT2D eigenvalue weighted by molar-refractivity contribution is 0.101. The molecule has 94 valence electrons. The van der Waals surface area contributed by atoms with Crippen molar-refractivity contribution in [1.29, 1.82) is 0 Å². The predicted molar refractivity (Wildman–Crippen MR) is 66.6 cm³/mol. The fourth-order valence-corrected chi connectivity index (χ4v) is 2.46. The fraction of sp³-hybridized carbons (Fsp3) is 0.917. The van der Waals surface area contributed by atoms with Crippen molar-refractivity contribution in [2.45, 2.75) is 44.6 Å². The molecule has 0 radical (unpaired) electrons. The van der Waals surface area contributed by atoms with E-state index in [4.69, 9.17) is 0 Å². The smallest absolute Gasteiger partial charge is 0.314 e. The number of nitrogens with one attached hydrogen (secondary N) is 2. The summed E-state index contributed by atoms with van der Waals surface area (Å²) in [6, 6.07) is -0.0469. The molecule has 0 aliphatic heterocycles. The standard InChI is InChI=1S/C12H25N3O/c1-4-13-11(16)14-10-12(15(2)3)8-6-5-7-9-12/h4-10H2,1-3H3,(H2,13,14,16). The first-order valence-electron chi connectivity index (χ1n) is 6.30. The molecule has 4 heteroatoms. The summed E-state index contributed by atoms with van der Waals surface area (Å²) < 4.78 is 0. The lowest BCUT2D eigenvalue weighted by Gasteiger charge is -2.43. The molecule has 0 heterocycles. The van der Waals surface area contributed by atoms with Crippen LogP contribution < -0.4 is 10.6 Å². The van der Waals surface area contributed by atoms with Crippen LogP contribution in [0.2, 0.25) is 0 Å². The highest BCUT2D eigenvalue weighted by Gasteiger charge is 2.34. The number of carbonyl (C=O) groups excluding carboxylic acids is 1. The highest BCUT2D eigenvalue weighted by Crippen LogP contribution is 2.31. The first-order chi connectivity index (χ1) is 7.60. The van der Waals surface area contributed by atoms with E-state index < -0.39 is 0 Å². The summed E-state index contributed by atoms with van der Waals surface area (Å²) in [7, 11) is 4.23. The summed E-state index contributed by atoms with van der Waals surface area (Å²) in [5, 5.41) is 5.76. The molecule has 2 amide bonds. The lowest BCUT2D eigenvalue weighted by Crippen LogP contribution is -2.55. The van der Waals surface area contributed by atoms with Crippen molar-refractivity contribution >= 4 is 6.03 Å². The molecule has 0 atom stereocenters. The highest BCUT2D eigenvalue weighted by molar-refractivity contribution is 5.73. The van der Waals surface area contributed by atoms with Gasteiger partial charge in [0.1, 0.15) is 0 Å². The van der Waals surface area contributed by atoms with Gasteiger partial charge in [-0.3, -0.25) is 0 Å². The third-order valence-corrected chi connectivity index (χ3v) is 3.65. The van der Waals surface area contributed by atoms with Gasteiger partial charge in [-0.2, -0.15) is 0 Å². The van der Waals surface area contributed by atoms with Gasteiger partial charge in [0.15, 0.2) is 0 Å². The van der Waals surface area contributed by atoms with Crippen LogP contribution in [0, 0.1) is 0 Å². The summed E-state index contributed by atoms with van der Waals surface area (Å²) in [6.07, 6.45) is 6.25. The number of amides is 2. The van der Waals surface area contributed by atoms with Crippen LogP contribution in [-0.2, 0) is 0 Å².